The summed E-state index contributed by atoms with van der Waals surface area (Å²) in [6.45, 7) is 1.22. The predicted octanol–water partition coefficient (Wildman–Crippen LogP) is 2.42. The van der Waals surface area contributed by atoms with Gasteiger partial charge in [0.2, 0.25) is 0 Å². The number of rotatable bonds is 2. The maximum Gasteiger partial charge on any atom is 0.115 e. The molecule has 2 nitrogen and oxygen atoms in total. The van der Waals surface area contributed by atoms with E-state index in [-0.39, 0.29) is 0 Å². The SMILES string of the molecule is CN1CCCCC1Cc1ccc(O)cc1. The maximum absolute atomic E-state index is 9.20. The zero-order chi connectivity index (χ0) is 10.7. The van der Waals surface area contributed by atoms with Crippen molar-refractivity contribution in [1.82, 2.24) is 4.90 Å². The Labute approximate surface area is 91.5 Å². The maximum atomic E-state index is 9.20. The number of phenolic OH excluding ortho intramolecular Hbond substituents is 1. The molecule has 0 saturated carbocycles. The number of hydrogen-bond donors (Lipinski definition) is 1. The van der Waals surface area contributed by atoms with Crippen molar-refractivity contribution in [3.63, 3.8) is 0 Å². The van der Waals surface area contributed by atoms with Gasteiger partial charge in [0.25, 0.3) is 0 Å². The zero-order valence-electron chi connectivity index (χ0n) is 9.32. The van der Waals surface area contributed by atoms with Crippen LogP contribution in [0.1, 0.15) is 24.8 Å². The topological polar surface area (TPSA) is 23.5 Å². The molecule has 1 atom stereocenters. The smallest absolute Gasteiger partial charge is 0.115 e. The van der Waals surface area contributed by atoms with Crippen LogP contribution < -0.4 is 0 Å². The van der Waals surface area contributed by atoms with Gasteiger partial charge in [-0.25, -0.2) is 0 Å². The van der Waals surface area contributed by atoms with Crippen molar-refractivity contribution in [1.29, 1.82) is 0 Å². The Morgan fingerprint density at radius 2 is 2.00 bits per heavy atom. The fraction of sp³-hybridized carbons (Fsp3) is 0.538. The number of hydrogen-bond acceptors (Lipinski definition) is 2. The highest BCUT2D eigenvalue weighted by Gasteiger charge is 2.18. The minimum Gasteiger partial charge on any atom is -0.508 e. The Morgan fingerprint density at radius 3 is 2.67 bits per heavy atom. The normalized spacial score (nSPS) is 22.9. The molecule has 1 fully saturated rings. The standard InChI is InChI=1S/C13H19NO/c1-14-9-3-2-4-12(14)10-11-5-7-13(15)8-6-11/h5-8,12,15H,2-4,9-10H2,1H3. The Balaban J connectivity index is 1.98. The van der Waals surface area contributed by atoms with Crippen molar-refractivity contribution in [2.75, 3.05) is 13.6 Å². The van der Waals surface area contributed by atoms with Crippen molar-refractivity contribution in [3.05, 3.63) is 29.8 Å². The largest absolute Gasteiger partial charge is 0.508 e. The molecule has 2 rings (SSSR count). The second kappa shape index (κ2) is 4.67. The van der Waals surface area contributed by atoms with Crippen LogP contribution in [0, 0.1) is 0 Å². The molecule has 1 aliphatic heterocycles. The van der Waals surface area contributed by atoms with Gasteiger partial charge in [-0.05, 0) is 50.6 Å². The molecular weight excluding hydrogens is 186 g/mol. The first-order chi connectivity index (χ1) is 7.25. The van der Waals surface area contributed by atoms with Gasteiger partial charge < -0.3 is 10.0 Å². The van der Waals surface area contributed by atoms with E-state index in [9.17, 15) is 5.11 Å². The fourth-order valence-electron chi connectivity index (χ4n) is 2.31. The average Bonchev–Trinajstić information content (AvgIpc) is 2.25. The summed E-state index contributed by atoms with van der Waals surface area (Å²) >= 11 is 0. The lowest BCUT2D eigenvalue weighted by Crippen LogP contribution is -2.37. The lowest BCUT2D eigenvalue weighted by Gasteiger charge is -2.32. The van der Waals surface area contributed by atoms with Gasteiger partial charge in [-0.2, -0.15) is 0 Å². The van der Waals surface area contributed by atoms with Gasteiger partial charge in [-0.3, -0.25) is 0 Å². The Kier molecular flexibility index (Phi) is 3.27. The van der Waals surface area contributed by atoms with Crippen molar-refractivity contribution in [2.45, 2.75) is 31.7 Å². The highest BCUT2D eigenvalue weighted by atomic mass is 16.3. The molecule has 0 aromatic heterocycles. The first-order valence-electron chi connectivity index (χ1n) is 5.74. The summed E-state index contributed by atoms with van der Waals surface area (Å²) < 4.78 is 0. The lowest BCUT2D eigenvalue weighted by molar-refractivity contribution is 0.184. The van der Waals surface area contributed by atoms with Crippen LogP contribution in [-0.4, -0.2) is 29.6 Å². The lowest BCUT2D eigenvalue weighted by atomic mass is 9.96. The number of aromatic hydroxyl groups is 1. The molecule has 0 amide bonds. The molecule has 1 saturated heterocycles. The Bertz CT molecular complexity index is 307. The van der Waals surface area contributed by atoms with E-state index in [0.29, 0.717) is 11.8 Å². The molecule has 2 heteroatoms. The van der Waals surface area contributed by atoms with Gasteiger partial charge in [0.15, 0.2) is 0 Å². The molecular formula is C13H19NO. The molecule has 0 spiro atoms. The van der Waals surface area contributed by atoms with Crippen LogP contribution in [-0.2, 0) is 6.42 Å². The van der Waals surface area contributed by atoms with Gasteiger partial charge in [0.1, 0.15) is 5.75 Å². The quantitative estimate of drug-likeness (QED) is 0.801. The number of nitrogens with zero attached hydrogens (tertiary/aromatic N) is 1. The van der Waals surface area contributed by atoms with Crippen LogP contribution >= 0.6 is 0 Å². The third-order valence-corrected chi connectivity index (χ3v) is 3.33. The van der Waals surface area contributed by atoms with E-state index in [0.717, 1.165) is 6.42 Å². The number of likely N-dealkylation sites (N-methyl/N-ethyl adjacent to an activating group) is 1. The first-order valence-corrected chi connectivity index (χ1v) is 5.74. The third-order valence-electron chi connectivity index (χ3n) is 3.33. The number of benzene rings is 1. The first kappa shape index (κ1) is 10.5. The molecule has 1 unspecified atom stereocenters. The molecule has 1 aromatic rings. The summed E-state index contributed by atoms with van der Waals surface area (Å²) in [5.41, 5.74) is 1.33. The van der Waals surface area contributed by atoms with E-state index in [1.54, 1.807) is 12.1 Å². The number of phenols is 1. The highest BCUT2D eigenvalue weighted by molar-refractivity contribution is 5.26. The monoisotopic (exact) mass is 205 g/mol. The van der Waals surface area contributed by atoms with Crippen LogP contribution in [0.2, 0.25) is 0 Å². The zero-order valence-corrected chi connectivity index (χ0v) is 9.32. The van der Waals surface area contributed by atoms with E-state index in [4.69, 9.17) is 0 Å². The summed E-state index contributed by atoms with van der Waals surface area (Å²) in [4.78, 5) is 2.45. The van der Waals surface area contributed by atoms with Crippen LogP contribution in [0.15, 0.2) is 24.3 Å². The van der Waals surface area contributed by atoms with Gasteiger partial charge in [-0.15, -0.1) is 0 Å². The van der Waals surface area contributed by atoms with Crippen LogP contribution in [0.25, 0.3) is 0 Å². The van der Waals surface area contributed by atoms with E-state index < -0.39 is 0 Å². The molecule has 1 aromatic carbocycles. The molecule has 1 N–H and O–H groups in total. The average molecular weight is 205 g/mol. The van der Waals surface area contributed by atoms with Crippen LogP contribution in [0.3, 0.4) is 0 Å². The van der Waals surface area contributed by atoms with Gasteiger partial charge in [0.05, 0.1) is 0 Å². The molecule has 0 bridgehead atoms. The van der Waals surface area contributed by atoms with Crippen molar-refractivity contribution >= 4 is 0 Å². The molecule has 1 heterocycles. The van der Waals surface area contributed by atoms with Crippen molar-refractivity contribution in [3.8, 4) is 5.75 Å². The van der Waals surface area contributed by atoms with E-state index in [1.165, 1.54) is 31.4 Å². The van der Waals surface area contributed by atoms with E-state index in [1.807, 2.05) is 12.1 Å². The van der Waals surface area contributed by atoms with Crippen LogP contribution in [0.4, 0.5) is 0 Å². The van der Waals surface area contributed by atoms with Gasteiger partial charge in [0, 0.05) is 6.04 Å². The molecule has 0 aliphatic carbocycles. The van der Waals surface area contributed by atoms with Crippen molar-refractivity contribution in [2.24, 2.45) is 0 Å². The second-order valence-corrected chi connectivity index (χ2v) is 4.50. The summed E-state index contributed by atoms with van der Waals surface area (Å²) in [6, 6.07) is 8.29. The molecule has 15 heavy (non-hydrogen) atoms. The highest BCUT2D eigenvalue weighted by Crippen LogP contribution is 2.20. The third kappa shape index (κ3) is 2.72. The van der Waals surface area contributed by atoms with Gasteiger partial charge >= 0.3 is 0 Å². The van der Waals surface area contributed by atoms with E-state index >= 15 is 0 Å². The summed E-state index contributed by atoms with van der Waals surface area (Å²) in [6.07, 6.45) is 5.10. The second-order valence-electron chi connectivity index (χ2n) is 4.50. The minimum absolute atomic E-state index is 0.357. The fourth-order valence-corrected chi connectivity index (χ4v) is 2.31. The predicted molar refractivity (Wildman–Crippen MR) is 62.1 cm³/mol. The van der Waals surface area contributed by atoms with Gasteiger partial charge in [-0.1, -0.05) is 18.6 Å². The molecule has 0 radical (unpaired) electrons. The summed E-state index contributed by atoms with van der Waals surface area (Å²) in [7, 11) is 2.21. The number of likely N-dealkylation sites (tertiary alicyclic amines) is 1. The summed E-state index contributed by atoms with van der Waals surface area (Å²) in [5, 5.41) is 9.20. The Hall–Kier alpha value is -1.02. The number of piperidine rings is 1. The molecule has 82 valence electrons. The van der Waals surface area contributed by atoms with E-state index in [2.05, 4.69) is 11.9 Å². The minimum atomic E-state index is 0.357. The summed E-state index contributed by atoms with van der Waals surface area (Å²) in [5.74, 6) is 0.357. The van der Waals surface area contributed by atoms with Crippen molar-refractivity contribution < 1.29 is 5.11 Å². The van der Waals surface area contributed by atoms with Crippen LogP contribution in [0.5, 0.6) is 5.75 Å². The molecule has 1 aliphatic rings. The Morgan fingerprint density at radius 1 is 1.27 bits per heavy atom.